The molecule has 1 aliphatic rings. The van der Waals surface area contributed by atoms with Gasteiger partial charge in [0, 0.05) is 19.1 Å². The van der Waals surface area contributed by atoms with Crippen LogP contribution in [-0.2, 0) is 0 Å². The Labute approximate surface area is 99.0 Å². The van der Waals surface area contributed by atoms with E-state index < -0.39 is 0 Å². The molecule has 1 fully saturated rings. The van der Waals surface area contributed by atoms with E-state index in [2.05, 4.69) is 25.3 Å². The van der Waals surface area contributed by atoms with Gasteiger partial charge in [-0.15, -0.1) is 0 Å². The normalized spacial score (nSPS) is 20.4. The molecule has 1 aliphatic heterocycles. The van der Waals surface area contributed by atoms with Crippen LogP contribution in [0.2, 0.25) is 0 Å². The van der Waals surface area contributed by atoms with Crippen molar-refractivity contribution in [1.82, 2.24) is 20.4 Å². The van der Waals surface area contributed by atoms with Gasteiger partial charge in [0.15, 0.2) is 0 Å². The SMILES string of the molecule is CNC1CCN(c2ncnc3onc(C)c23)C1. The van der Waals surface area contributed by atoms with Crippen molar-refractivity contribution in [3.8, 4) is 0 Å². The Kier molecular flexibility index (Phi) is 2.44. The minimum absolute atomic E-state index is 0.528. The van der Waals surface area contributed by atoms with Gasteiger partial charge < -0.3 is 14.7 Å². The minimum atomic E-state index is 0.528. The molecule has 0 aliphatic carbocycles. The van der Waals surface area contributed by atoms with Crippen LogP contribution in [0.25, 0.3) is 11.1 Å². The molecule has 0 aromatic carbocycles. The van der Waals surface area contributed by atoms with Gasteiger partial charge >= 0.3 is 0 Å². The van der Waals surface area contributed by atoms with Crippen molar-refractivity contribution in [3.05, 3.63) is 12.0 Å². The third-order valence-corrected chi connectivity index (χ3v) is 3.32. The highest BCUT2D eigenvalue weighted by molar-refractivity contribution is 5.87. The van der Waals surface area contributed by atoms with Crippen molar-refractivity contribution in [2.24, 2.45) is 0 Å². The Balaban J connectivity index is 2.03. The molecule has 17 heavy (non-hydrogen) atoms. The summed E-state index contributed by atoms with van der Waals surface area (Å²) in [6.07, 6.45) is 2.67. The van der Waals surface area contributed by atoms with Crippen LogP contribution in [-0.4, -0.2) is 41.3 Å². The molecule has 0 saturated carbocycles. The summed E-state index contributed by atoms with van der Waals surface area (Å²) in [4.78, 5) is 10.7. The summed E-state index contributed by atoms with van der Waals surface area (Å²) < 4.78 is 5.16. The lowest BCUT2D eigenvalue weighted by Gasteiger charge is -2.17. The van der Waals surface area contributed by atoms with Gasteiger partial charge in [0.2, 0.25) is 0 Å². The fourth-order valence-electron chi connectivity index (χ4n) is 2.33. The molecule has 1 unspecified atom stereocenters. The second kappa shape index (κ2) is 3.96. The second-order valence-electron chi connectivity index (χ2n) is 4.37. The number of hydrogen-bond donors (Lipinski definition) is 1. The maximum Gasteiger partial charge on any atom is 0.263 e. The van der Waals surface area contributed by atoms with E-state index in [-0.39, 0.29) is 0 Å². The van der Waals surface area contributed by atoms with Gasteiger partial charge in [0.1, 0.15) is 17.5 Å². The summed E-state index contributed by atoms with van der Waals surface area (Å²) in [7, 11) is 1.99. The van der Waals surface area contributed by atoms with Gasteiger partial charge in [-0.2, -0.15) is 4.98 Å². The van der Waals surface area contributed by atoms with Gasteiger partial charge in [0.25, 0.3) is 5.71 Å². The molecule has 6 heteroatoms. The van der Waals surface area contributed by atoms with E-state index in [4.69, 9.17) is 4.52 Å². The lowest BCUT2D eigenvalue weighted by Crippen LogP contribution is -2.30. The molecule has 6 nitrogen and oxygen atoms in total. The summed E-state index contributed by atoms with van der Waals surface area (Å²) in [5.74, 6) is 0.937. The highest BCUT2D eigenvalue weighted by Gasteiger charge is 2.25. The Morgan fingerprint density at radius 2 is 2.35 bits per heavy atom. The molecule has 0 amide bonds. The number of hydrogen-bond acceptors (Lipinski definition) is 6. The van der Waals surface area contributed by atoms with E-state index in [0.717, 1.165) is 36.4 Å². The standard InChI is InChI=1S/C11H15N5O/c1-7-9-10(13-6-14-11(9)17-15-7)16-4-3-8(5-16)12-2/h6,8,12H,3-5H2,1-2H3. The van der Waals surface area contributed by atoms with Crippen LogP contribution in [0.3, 0.4) is 0 Å². The predicted octanol–water partition coefficient (Wildman–Crippen LogP) is 0.724. The van der Waals surface area contributed by atoms with E-state index >= 15 is 0 Å². The molecule has 2 aromatic heterocycles. The molecule has 3 rings (SSSR count). The van der Waals surface area contributed by atoms with Crippen LogP contribution < -0.4 is 10.2 Å². The summed E-state index contributed by atoms with van der Waals surface area (Å²) in [6, 6.07) is 0.528. The van der Waals surface area contributed by atoms with E-state index in [1.54, 1.807) is 0 Å². The third-order valence-electron chi connectivity index (χ3n) is 3.32. The molecule has 90 valence electrons. The number of likely N-dealkylation sites (N-methyl/N-ethyl adjacent to an activating group) is 1. The summed E-state index contributed by atoms with van der Waals surface area (Å²) in [6.45, 7) is 3.89. The molecular weight excluding hydrogens is 218 g/mol. The zero-order valence-corrected chi connectivity index (χ0v) is 9.97. The Morgan fingerprint density at radius 3 is 3.12 bits per heavy atom. The van der Waals surface area contributed by atoms with Crippen LogP contribution >= 0.6 is 0 Å². The molecule has 3 heterocycles. The Morgan fingerprint density at radius 1 is 1.47 bits per heavy atom. The first-order valence-corrected chi connectivity index (χ1v) is 5.79. The number of nitrogens with zero attached hydrogens (tertiary/aromatic N) is 4. The smallest absolute Gasteiger partial charge is 0.263 e. The number of aromatic nitrogens is 3. The Bertz CT molecular complexity index is 538. The first-order valence-electron chi connectivity index (χ1n) is 5.79. The van der Waals surface area contributed by atoms with Crippen molar-refractivity contribution in [2.75, 3.05) is 25.0 Å². The molecule has 0 spiro atoms. The molecule has 2 aromatic rings. The topological polar surface area (TPSA) is 67.1 Å². The average Bonchev–Trinajstić information content (AvgIpc) is 2.96. The zero-order chi connectivity index (χ0) is 11.8. The molecule has 1 N–H and O–H groups in total. The molecule has 1 saturated heterocycles. The summed E-state index contributed by atoms with van der Waals surface area (Å²) in [5, 5.41) is 8.18. The number of anilines is 1. The van der Waals surface area contributed by atoms with E-state index in [1.165, 1.54) is 6.33 Å². The van der Waals surface area contributed by atoms with E-state index in [1.807, 2.05) is 14.0 Å². The number of nitrogens with one attached hydrogen (secondary N) is 1. The van der Waals surface area contributed by atoms with Crippen LogP contribution in [0, 0.1) is 6.92 Å². The first-order chi connectivity index (χ1) is 8.29. The number of aryl methyl sites for hydroxylation is 1. The van der Waals surface area contributed by atoms with Crippen molar-refractivity contribution < 1.29 is 4.52 Å². The lowest BCUT2D eigenvalue weighted by atomic mass is 10.3. The van der Waals surface area contributed by atoms with Crippen LogP contribution in [0.15, 0.2) is 10.9 Å². The van der Waals surface area contributed by atoms with Crippen molar-refractivity contribution in [2.45, 2.75) is 19.4 Å². The van der Waals surface area contributed by atoms with Crippen LogP contribution in [0.1, 0.15) is 12.1 Å². The van der Waals surface area contributed by atoms with Crippen molar-refractivity contribution in [3.63, 3.8) is 0 Å². The fourth-order valence-corrected chi connectivity index (χ4v) is 2.33. The number of rotatable bonds is 2. The molecular formula is C11H15N5O. The monoisotopic (exact) mass is 233 g/mol. The van der Waals surface area contributed by atoms with Crippen LogP contribution in [0.4, 0.5) is 5.82 Å². The Hall–Kier alpha value is -1.69. The van der Waals surface area contributed by atoms with Gasteiger partial charge in [-0.25, -0.2) is 4.98 Å². The van der Waals surface area contributed by atoms with Crippen molar-refractivity contribution in [1.29, 1.82) is 0 Å². The summed E-state index contributed by atoms with van der Waals surface area (Å²) in [5.41, 5.74) is 1.42. The van der Waals surface area contributed by atoms with Crippen LogP contribution in [0.5, 0.6) is 0 Å². The summed E-state index contributed by atoms with van der Waals surface area (Å²) >= 11 is 0. The fraction of sp³-hybridized carbons (Fsp3) is 0.545. The molecule has 0 bridgehead atoms. The first kappa shape index (κ1) is 10.5. The van der Waals surface area contributed by atoms with E-state index in [9.17, 15) is 0 Å². The highest BCUT2D eigenvalue weighted by Crippen LogP contribution is 2.28. The van der Waals surface area contributed by atoms with E-state index in [0.29, 0.717) is 11.8 Å². The minimum Gasteiger partial charge on any atom is -0.354 e. The van der Waals surface area contributed by atoms with Crippen molar-refractivity contribution >= 4 is 16.9 Å². The lowest BCUT2D eigenvalue weighted by molar-refractivity contribution is 0.442. The largest absolute Gasteiger partial charge is 0.354 e. The number of fused-ring (bicyclic) bond motifs is 1. The molecule has 1 atom stereocenters. The third kappa shape index (κ3) is 1.64. The van der Waals surface area contributed by atoms with Gasteiger partial charge in [-0.1, -0.05) is 5.16 Å². The molecule has 0 radical (unpaired) electrons. The van der Waals surface area contributed by atoms with Gasteiger partial charge in [-0.05, 0) is 20.4 Å². The zero-order valence-electron chi connectivity index (χ0n) is 9.97. The second-order valence-corrected chi connectivity index (χ2v) is 4.37. The average molecular weight is 233 g/mol. The maximum atomic E-state index is 5.16. The maximum absolute atomic E-state index is 5.16. The van der Waals surface area contributed by atoms with Gasteiger partial charge in [0.05, 0.1) is 5.69 Å². The quantitative estimate of drug-likeness (QED) is 0.824. The highest BCUT2D eigenvalue weighted by atomic mass is 16.5. The predicted molar refractivity (Wildman–Crippen MR) is 64.0 cm³/mol. The van der Waals surface area contributed by atoms with Gasteiger partial charge in [-0.3, -0.25) is 0 Å².